The summed E-state index contributed by atoms with van der Waals surface area (Å²) in [6.45, 7) is 0. The molecule has 0 aliphatic carbocycles. The number of hydrogen-bond donors (Lipinski definition) is 3. The maximum atomic E-state index is 10.9. The monoisotopic (exact) mass is 171 g/mol. The average molecular weight is 171 g/mol. The number of H-pyrrole nitrogens is 3. The van der Waals surface area contributed by atoms with Crippen LogP contribution in [0.1, 0.15) is 0 Å². The Hall–Kier alpha value is -1.96. The van der Waals surface area contributed by atoms with E-state index >= 15 is 0 Å². The van der Waals surface area contributed by atoms with E-state index in [-0.39, 0.29) is 16.6 Å². The number of rotatable bonds is 0. The Labute approximate surface area is 63.9 Å². The SMILES string of the molecule is O.O=c1[nH]c(=O)c2[nH]nnc2[nH]1. The zero-order valence-electron chi connectivity index (χ0n) is 5.71. The molecule has 64 valence electrons. The number of fused-ring (bicyclic) bond motifs is 1. The van der Waals surface area contributed by atoms with Crippen LogP contribution in [-0.4, -0.2) is 30.9 Å². The van der Waals surface area contributed by atoms with E-state index < -0.39 is 11.2 Å². The summed E-state index contributed by atoms with van der Waals surface area (Å²) in [6, 6.07) is 0. The first-order valence-corrected chi connectivity index (χ1v) is 2.81. The Balaban J connectivity index is 0.000000720. The molecule has 12 heavy (non-hydrogen) atoms. The number of nitrogens with zero attached hydrogens (tertiary/aromatic N) is 2. The second-order valence-electron chi connectivity index (χ2n) is 1.94. The van der Waals surface area contributed by atoms with Gasteiger partial charge in [-0.2, -0.15) is 0 Å². The molecule has 2 heterocycles. The Bertz CT molecular complexity index is 493. The minimum atomic E-state index is -0.587. The number of hydrogen-bond acceptors (Lipinski definition) is 4. The molecule has 0 aromatic carbocycles. The number of aromatic amines is 3. The minimum absolute atomic E-state index is 0. The first kappa shape index (κ1) is 8.14. The predicted octanol–water partition coefficient (Wildman–Crippen LogP) is -2.49. The zero-order valence-corrected chi connectivity index (χ0v) is 5.71. The Morgan fingerprint density at radius 1 is 1.17 bits per heavy atom. The third kappa shape index (κ3) is 0.992. The third-order valence-electron chi connectivity index (χ3n) is 1.23. The van der Waals surface area contributed by atoms with E-state index in [1.54, 1.807) is 0 Å². The summed E-state index contributed by atoms with van der Waals surface area (Å²) in [5.41, 5.74) is -0.770. The molecule has 8 nitrogen and oxygen atoms in total. The van der Waals surface area contributed by atoms with Crippen LogP contribution in [0.2, 0.25) is 0 Å². The summed E-state index contributed by atoms with van der Waals surface area (Å²) in [4.78, 5) is 25.8. The second kappa shape index (κ2) is 2.58. The zero-order chi connectivity index (χ0) is 7.84. The molecule has 0 saturated heterocycles. The van der Waals surface area contributed by atoms with Crippen LogP contribution in [0, 0.1) is 0 Å². The molecule has 5 N–H and O–H groups in total. The van der Waals surface area contributed by atoms with Crippen LogP contribution in [0.25, 0.3) is 11.2 Å². The quantitative estimate of drug-likeness (QED) is 0.403. The lowest BCUT2D eigenvalue weighted by Crippen LogP contribution is -2.21. The van der Waals surface area contributed by atoms with E-state index in [0.29, 0.717) is 0 Å². The molecular weight excluding hydrogens is 166 g/mol. The largest absolute Gasteiger partial charge is 0.412 e. The molecule has 2 aromatic heterocycles. The van der Waals surface area contributed by atoms with Crippen molar-refractivity contribution in [1.29, 1.82) is 0 Å². The fraction of sp³-hybridized carbons (Fsp3) is 0. The lowest BCUT2D eigenvalue weighted by molar-refractivity contribution is 0.824. The molecule has 0 atom stereocenters. The summed E-state index contributed by atoms with van der Waals surface area (Å²) in [6.07, 6.45) is 0. The van der Waals surface area contributed by atoms with Crippen molar-refractivity contribution in [1.82, 2.24) is 25.4 Å². The van der Waals surface area contributed by atoms with E-state index in [0.717, 1.165) is 0 Å². The molecule has 2 rings (SSSR count). The lowest BCUT2D eigenvalue weighted by Gasteiger charge is -1.81. The van der Waals surface area contributed by atoms with Gasteiger partial charge in [-0.25, -0.2) is 4.79 Å². The first-order valence-electron chi connectivity index (χ1n) is 2.81. The Morgan fingerprint density at radius 2 is 1.92 bits per heavy atom. The molecule has 8 heteroatoms. The van der Waals surface area contributed by atoms with Gasteiger partial charge >= 0.3 is 5.69 Å². The molecule has 0 amide bonds. The van der Waals surface area contributed by atoms with Crippen LogP contribution >= 0.6 is 0 Å². The van der Waals surface area contributed by atoms with Crippen molar-refractivity contribution in [2.75, 3.05) is 0 Å². The van der Waals surface area contributed by atoms with Gasteiger partial charge in [0, 0.05) is 0 Å². The maximum absolute atomic E-state index is 10.9. The smallest absolute Gasteiger partial charge is 0.327 e. The normalized spacial score (nSPS) is 9.67. The molecular formula is C4H5N5O3. The van der Waals surface area contributed by atoms with Crippen LogP contribution in [0.5, 0.6) is 0 Å². The number of aromatic nitrogens is 5. The van der Waals surface area contributed by atoms with E-state index in [2.05, 4.69) is 20.4 Å². The van der Waals surface area contributed by atoms with Crippen molar-refractivity contribution >= 4 is 11.2 Å². The molecule has 0 aliphatic heterocycles. The molecule has 0 unspecified atom stereocenters. The summed E-state index contributed by atoms with van der Waals surface area (Å²) < 4.78 is 0. The highest BCUT2D eigenvalue weighted by Crippen LogP contribution is 1.89. The summed E-state index contributed by atoms with van der Waals surface area (Å²) in [7, 11) is 0. The van der Waals surface area contributed by atoms with Crippen LogP contribution < -0.4 is 11.2 Å². The van der Waals surface area contributed by atoms with Gasteiger partial charge in [0.1, 0.15) is 0 Å². The minimum Gasteiger partial charge on any atom is -0.412 e. The fourth-order valence-electron chi connectivity index (χ4n) is 0.778. The Kier molecular flexibility index (Phi) is 1.75. The lowest BCUT2D eigenvalue weighted by atomic mass is 10.5. The maximum Gasteiger partial charge on any atom is 0.327 e. The van der Waals surface area contributed by atoms with Gasteiger partial charge in [0.05, 0.1) is 0 Å². The van der Waals surface area contributed by atoms with Gasteiger partial charge in [-0.1, -0.05) is 5.21 Å². The molecule has 0 spiro atoms. The fourth-order valence-corrected chi connectivity index (χ4v) is 0.778. The van der Waals surface area contributed by atoms with Crippen LogP contribution in [0.3, 0.4) is 0 Å². The molecule has 0 saturated carbocycles. The van der Waals surface area contributed by atoms with E-state index in [1.165, 1.54) is 0 Å². The van der Waals surface area contributed by atoms with Crippen molar-refractivity contribution < 1.29 is 5.48 Å². The highest BCUT2D eigenvalue weighted by molar-refractivity contribution is 5.66. The van der Waals surface area contributed by atoms with Gasteiger partial charge in [-0.15, -0.1) is 5.10 Å². The van der Waals surface area contributed by atoms with Crippen molar-refractivity contribution in [2.24, 2.45) is 0 Å². The molecule has 0 radical (unpaired) electrons. The van der Waals surface area contributed by atoms with Crippen molar-refractivity contribution in [2.45, 2.75) is 0 Å². The van der Waals surface area contributed by atoms with E-state index in [9.17, 15) is 9.59 Å². The topological polar surface area (TPSA) is 139 Å². The van der Waals surface area contributed by atoms with Crippen molar-refractivity contribution in [3.63, 3.8) is 0 Å². The Morgan fingerprint density at radius 3 is 2.67 bits per heavy atom. The van der Waals surface area contributed by atoms with Gasteiger partial charge in [0.25, 0.3) is 5.56 Å². The highest BCUT2D eigenvalue weighted by atomic mass is 16.2. The standard InChI is InChI=1S/C4H3N5O2.H2O/c10-3-1-2(8-9-7-1)5-4(11)6-3;/h(H3,5,6,7,8,9,10,11);1H2. The summed E-state index contributed by atoms with van der Waals surface area (Å²) >= 11 is 0. The van der Waals surface area contributed by atoms with Crippen LogP contribution in [-0.2, 0) is 0 Å². The van der Waals surface area contributed by atoms with Crippen molar-refractivity contribution in [3.8, 4) is 0 Å². The van der Waals surface area contributed by atoms with Gasteiger partial charge in [-0.3, -0.25) is 19.9 Å². The average Bonchev–Trinajstić information content (AvgIpc) is 2.34. The van der Waals surface area contributed by atoms with Gasteiger partial charge in [0.2, 0.25) is 0 Å². The van der Waals surface area contributed by atoms with Crippen LogP contribution in [0.4, 0.5) is 0 Å². The molecule has 0 bridgehead atoms. The highest BCUT2D eigenvalue weighted by Gasteiger charge is 2.01. The molecule has 2 aromatic rings. The van der Waals surface area contributed by atoms with Gasteiger partial charge in [0.15, 0.2) is 11.2 Å². The van der Waals surface area contributed by atoms with Gasteiger partial charge < -0.3 is 5.48 Å². The summed E-state index contributed by atoms with van der Waals surface area (Å²) in [5.74, 6) is 0. The predicted molar refractivity (Wildman–Crippen MR) is 38.7 cm³/mol. The molecule has 0 aliphatic rings. The van der Waals surface area contributed by atoms with Crippen molar-refractivity contribution in [3.05, 3.63) is 20.8 Å². The van der Waals surface area contributed by atoms with Gasteiger partial charge in [-0.05, 0) is 0 Å². The third-order valence-corrected chi connectivity index (χ3v) is 1.23. The summed E-state index contributed by atoms with van der Waals surface area (Å²) in [5, 5.41) is 9.14. The second-order valence-corrected chi connectivity index (χ2v) is 1.94. The van der Waals surface area contributed by atoms with Crippen LogP contribution in [0.15, 0.2) is 9.59 Å². The number of nitrogens with one attached hydrogen (secondary N) is 3. The van der Waals surface area contributed by atoms with E-state index in [1.807, 2.05) is 4.98 Å². The molecule has 0 fully saturated rings. The van der Waals surface area contributed by atoms with E-state index in [4.69, 9.17) is 0 Å². The first-order chi connectivity index (χ1) is 5.27.